The van der Waals surface area contributed by atoms with Crippen LogP contribution < -0.4 is 14.8 Å². The van der Waals surface area contributed by atoms with Gasteiger partial charge in [0, 0.05) is 11.6 Å². The summed E-state index contributed by atoms with van der Waals surface area (Å²) >= 11 is 0. The van der Waals surface area contributed by atoms with Crippen LogP contribution in [0, 0.1) is 0 Å². The summed E-state index contributed by atoms with van der Waals surface area (Å²) in [5.41, 5.74) is 1.21. The first kappa shape index (κ1) is 19.9. The fourth-order valence-corrected chi connectivity index (χ4v) is 3.95. The van der Waals surface area contributed by atoms with Crippen LogP contribution in [-0.4, -0.2) is 27.5 Å². The van der Waals surface area contributed by atoms with Crippen molar-refractivity contribution >= 4 is 15.9 Å². The van der Waals surface area contributed by atoms with Crippen molar-refractivity contribution in [3.05, 3.63) is 59.7 Å². The lowest BCUT2D eigenvalue weighted by Gasteiger charge is -2.16. The van der Waals surface area contributed by atoms with Crippen molar-refractivity contribution in [2.45, 2.75) is 37.8 Å². The number of ether oxygens (including phenoxy) is 1. The Morgan fingerprint density at radius 3 is 2.27 bits per heavy atom. The maximum Gasteiger partial charge on any atom is 0.251 e. The van der Waals surface area contributed by atoms with Crippen LogP contribution in [0.15, 0.2) is 53.4 Å². The monoisotopic (exact) mass is 376 g/mol. The lowest BCUT2D eigenvalue weighted by Crippen LogP contribution is -2.31. The third kappa shape index (κ3) is 4.83. The molecule has 1 amide bonds. The summed E-state index contributed by atoms with van der Waals surface area (Å²) in [6.07, 6.45) is 0. The first-order valence-electron chi connectivity index (χ1n) is 8.30. The molecule has 0 heterocycles. The maximum absolute atomic E-state index is 12.6. The van der Waals surface area contributed by atoms with E-state index in [0.717, 1.165) is 5.56 Å². The quantitative estimate of drug-likeness (QED) is 0.778. The van der Waals surface area contributed by atoms with Crippen LogP contribution in [0.5, 0.6) is 5.75 Å². The van der Waals surface area contributed by atoms with Crippen molar-refractivity contribution in [1.29, 1.82) is 0 Å². The molecule has 2 N–H and O–H groups in total. The number of amides is 1. The molecule has 0 aliphatic rings. The van der Waals surface area contributed by atoms with Gasteiger partial charge < -0.3 is 10.1 Å². The number of rotatable bonds is 7. The van der Waals surface area contributed by atoms with Crippen LogP contribution in [0.1, 0.15) is 42.7 Å². The van der Waals surface area contributed by atoms with E-state index in [2.05, 4.69) is 10.0 Å². The number of carbonyl (C=O) groups is 1. The highest BCUT2D eigenvalue weighted by Crippen LogP contribution is 2.25. The average Bonchev–Trinajstić information content (AvgIpc) is 2.60. The number of nitrogens with one attached hydrogen (secondary N) is 2. The minimum absolute atomic E-state index is 0.0614. The van der Waals surface area contributed by atoms with E-state index in [4.69, 9.17) is 4.74 Å². The second kappa shape index (κ2) is 8.33. The van der Waals surface area contributed by atoms with E-state index in [0.29, 0.717) is 0 Å². The van der Waals surface area contributed by atoms with Gasteiger partial charge in [-0.15, -0.1) is 0 Å². The van der Waals surface area contributed by atoms with Crippen molar-refractivity contribution < 1.29 is 17.9 Å². The van der Waals surface area contributed by atoms with Gasteiger partial charge in [0.2, 0.25) is 10.0 Å². The molecule has 0 aromatic heterocycles. The minimum atomic E-state index is -3.79. The van der Waals surface area contributed by atoms with Crippen LogP contribution in [0.4, 0.5) is 0 Å². The second-order valence-electron chi connectivity index (χ2n) is 6.25. The highest BCUT2D eigenvalue weighted by molar-refractivity contribution is 7.89. The zero-order valence-corrected chi connectivity index (χ0v) is 16.1. The maximum atomic E-state index is 12.6. The number of methoxy groups -OCH3 is 1. The standard InChI is InChI=1S/C19H24N2O4S/c1-13(2)21-26(23,24)18-12-16(10-11-17(18)25-4)19(22)20-14(3)15-8-6-5-7-9-15/h5-14,21H,1-4H3,(H,20,22)/t14-/m1/s1. The van der Waals surface area contributed by atoms with Gasteiger partial charge in [-0.05, 0) is 44.5 Å². The van der Waals surface area contributed by atoms with E-state index >= 15 is 0 Å². The molecule has 7 heteroatoms. The summed E-state index contributed by atoms with van der Waals surface area (Å²) in [6, 6.07) is 13.4. The summed E-state index contributed by atoms with van der Waals surface area (Å²) < 4.78 is 32.7. The Labute approximate surface area is 154 Å². The Hall–Kier alpha value is -2.38. The highest BCUT2D eigenvalue weighted by Gasteiger charge is 2.23. The topological polar surface area (TPSA) is 84.5 Å². The lowest BCUT2D eigenvalue weighted by atomic mass is 10.1. The molecule has 0 radical (unpaired) electrons. The van der Waals surface area contributed by atoms with Crippen LogP contribution >= 0.6 is 0 Å². The van der Waals surface area contributed by atoms with Gasteiger partial charge in [0.15, 0.2) is 0 Å². The number of hydrogen-bond acceptors (Lipinski definition) is 4. The minimum Gasteiger partial charge on any atom is -0.495 e. The summed E-state index contributed by atoms with van der Waals surface area (Å²) in [6.45, 7) is 5.32. The van der Waals surface area contributed by atoms with E-state index in [1.165, 1.54) is 19.2 Å². The molecular weight excluding hydrogens is 352 g/mol. The molecule has 1 atom stereocenters. The van der Waals surface area contributed by atoms with Gasteiger partial charge in [-0.25, -0.2) is 13.1 Å². The Bertz CT molecular complexity index is 864. The summed E-state index contributed by atoms with van der Waals surface area (Å²) in [4.78, 5) is 12.5. The third-order valence-corrected chi connectivity index (χ3v) is 5.43. The molecule has 140 valence electrons. The molecular formula is C19H24N2O4S. The normalized spacial score (nSPS) is 12.7. The molecule has 0 saturated carbocycles. The van der Waals surface area contributed by atoms with Crippen molar-refractivity contribution in [3.63, 3.8) is 0 Å². The molecule has 0 fully saturated rings. The lowest BCUT2D eigenvalue weighted by molar-refractivity contribution is 0.0939. The molecule has 0 spiro atoms. The van der Waals surface area contributed by atoms with Gasteiger partial charge in [0.25, 0.3) is 5.91 Å². The summed E-state index contributed by atoms with van der Waals surface area (Å²) in [5.74, 6) is -0.171. The van der Waals surface area contributed by atoms with Crippen LogP contribution in [0.25, 0.3) is 0 Å². The zero-order chi connectivity index (χ0) is 19.3. The van der Waals surface area contributed by atoms with Crippen molar-refractivity contribution in [2.75, 3.05) is 7.11 Å². The van der Waals surface area contributed by atoms with Gasteiger partial charge in [-0.3, -0.25) is 4.79 Å². The predicted octanol–water partition coefficient (Wildman–Crippen LogP) is 2.87. The number of carbonyl (C=O) groups excluding carboxylic acids is 1. The van der Waals surface area contributed by atoms with Crippen LogP contribution in [0.2, 0.25) is 0 Å². The fourth-order valence-electron chi connectivity index (χ4n) is 2.51. The Balaban J connectivity index is 2.30. The van der Waals surface area contributed by atoms with Crippen molar-refractivity contribution in [3.8, 4) is 5.75 Å². The summed E-state index contributed by atoms with van der Waals surface area (Å²) in [5, 5.41) is 2.87. The number of hydrogen-bond donors (Lipinski definition) is 2. The van der Waals surface area contributed by atoms with Gasteiger partial charge >= 0.3 is 0 Å². The van der Waals surface area contributed by atoms with Gasteiger partial charge in [-0.2, -0.15) is 0 Å². The van der Waals surface area contributed by atoms with E-state index < -0.39 is 10.0 Å². The van der Waals surface area contributed by atoms with E-state index in [9.17, 15) is 13.2 Å². The molecule has 2 aromatic rings. The predicted molar refractivity (Wildman–Crippen MR) is 101 cm³/mol. The first-order valence-corrected chi connectivity index (χ1v) is 9.79. The highest BCUT2D eigenvalue weighted by atomic mass is 32.2. The number of sulfonamides is 1. The number of benzene rings is 2. The second-order valence-corrected chi connectivity index (χ2v) is 7.93. The van der Waals surface area contributed by atoms with Gasteiger partial charge in [-0.1, -0.05) is 30.3 Å². The largest absolute Gasteiger partial charge is 0.495 e. The molecule has 0 aliphatic carbocycles. The van der Waals surface area contributed by atoms with Crippen molar-refractivity contribution in [1.82, 2.24) is 10.0 Å². The van der Waals surface area contributed by atoms with E-state index in [-0.39, 0.29) is 34.2 Å². The molecule has 0 bridgehead atoms. The fraction of sp³-hybridized carbons (Fsp3) is 0.316. The molecule has 0 unspecified atom stereocenters. The smallest absolute Gasteiger partial charge is 0.251 e. The molecule has 6 nitrogen and oxygen atoms in total. The zero-order valence-electron chi connectivity index (χ0n) is 15.3. The molecule has 0 aliphatic heterocycles. The van der Waals surface area contributed by atoms with Crippen LogP contribution in [0.3, 0.4) is 0 Å². The Kier molecular flexibility index (Phi) is 6.39. The molecule has 2 aromatic carbocycles. The van der Waals surface area contributed by atoms with Gasteiger partial charge in [0.05, 0.1) is 13.2 Å². The molecule has 0 saturated heterocycles. The Morgan fingerprint density at radius 2 is 1.69 bits per heavy atom. The molecule has 2 rings (SSSR count). The van der Waals surface area contributed by atoms with Gasteiger partial charge in [0.1, 0.15) is 10.6 Å². The Morgan fingerprint density at radius 1 is 1.04 bits per heavy atom. The van der Waals surface area contributed by atoms with E-state index in [1.807, 2.05) is 37.3 Å². The van der Waals surface area contributed by atoms with Crippen LogP contribution in [-0.2, 0) is 10.0 Å². The molecule has 26 heavy (non-hydrogen) atoms. The van der Waals surface area contributed by atoms with Crippen molar-refractivity contribution in [2.24, 2.45) is 0 Å². The van der Waals surface area contributed by atoms with E-state index in [1.54, 1.807) is 19.9 Å². The third-order valence-electron chi connectivity index (χ3n) is 3.75. The summed E-state index contributed by atoms with van der Waals surface area (Å²) in [7, 11) is -2.40. The average molecular weight is 376 g/mol. The first-order chi connectivity index (χ1) is 12.2. The SMILES string of the molecule is COc1ccc(C(=O)N[C@H](C)c2ccccc2)cc1S(=O)(=O)NC(C)C.